The molecule has 3 nitrogen and oxygen atoms in total. The van der Waals surface area contributed by atoms with Gasteiger partial charge in [-0.1, -0.05) is 17.6 Å². The zero-order chi connectivity index (χ0) is 12.0. The number of hydrogen-bond acceptors (Lipinski definition) is 2. The van der Waals surface area contributed by atoms with E-state index < -0.39 is 0 Å². The van der Waals surface area contributed by atoms with Crippen LogP contribution in [0.5, 0.6) is 0 Å². The van der Waals surface area contributed by atoms with Crippen LogP contribution < -0.4 is 5.46 Å². The number of aromatic amines is 1. The molecule has 0 saturated carbocycles. The highest BCUT2D eigenvalue weighted by atomic mass is 16.5. The first-order valence-corrected chi connectivity index (χ1v) is 5.03. The third-order valence-corrected chi connectivity index (χ3v) is 2.08. The van der Waals surface area contributed by atoms with Gasteiger partial charge in [-0.2, -0.15) is 0 Å². The van der Waals surface area contributed by atoms with Gasteiger partial charge in [-0.3, -0.25) is 4.79 Å². The van der Waals surface area contributed by atoms with Crippen LogP contribution in [0.4, 0.5) is 0 Å². The van der Waals surface area contributed by atoms with Crippen molar-refractivity contribution in [3.8, 4) is 0 Å². The molecule has 2 radical (unpaired) electrons. The summed E-state index contributed by atoms with van der Waals surface area (Å²) < 4.78 is 4.54. The number of carbonyl (C=O) groups is 1. The van der Waals surface area contributed by atoms with Crippen LogP contribution in [-0.4, -0.2) is 32.8 Å². The van der Waals surface area contributed by atoms with Gasteiger partial charge in [0.2, 0.25) is 0 Å². The summed E-state index contributed by atoms with van der Waals surface area (Å²) in [5, 5.41) is 0.970. The van der Waals surface area contributed by atoms with Gasteiger partial charge in [-0.25, -0.2) is 0 Å². The monoisotopic (exact) mass is 215 g/mol. The third-order valence-electron chi connectivity index (χ3n) is 2.08. The summed E-state index contributed by atoms with van der Waals surface area (Å²) in [5.74, 6) is 0. The van der Waals surface area contributed by atoms with Gasteiger partial charge >= 0.3 is 0 Å². The molecule has 82 valence electrons. The number of methoxy groups -OCH3 is 1. The van der Waals surface area contributed by atoms with Gasteiger partial charge in [0, 0.05) is 19.2 Å². The normalized spacial score (nSPS) is 9.62. The predicted molar refractivity (Wildman–Crippen MR) is 66.6 cm³/mol. The highest BCUT2D eigenvalue weighted by Crippen LogP contribution is 2.11. The number of aldehydes is 1. The lowest BCUT2D eigenvalue weighted by atomic mass is 9.95. The van der Waals surface area contributed by atoms with Gasteiger partial charge in [0.05, 0.1) is 5.69 Å². The fourth-order valence-electron chi connectivity index (χ4n) is 1.24. The van der Waals surface area contributed by atoms with Crippen LogP contribution in [0.1, 0.15) is 17.4 Å². The van der Waals surface area contributed by atoms with Crippen molar-refractivity contribution in [3.05, 3.63) is 30.0 Å². The molecule has 4 heteroatoms. The highest BCUT2D eigenvalue weighted by Gasteiger charge is 1.97. The average molecular weight is 215 g/mol. The van der Waals surface area contributed by atoms with Crippen molar-refractivity contribution >= 4 is 30.5 Å². The minimum Gasteiger partial charge on any atom is -0.385 e. The van der Waals surface area contributed by atoms with E-state index in [1.54, 1.807) is 19.2 Å². The molecule has 0 saturated heterocycles. The summed E-state index contributed by atoms with van der Waals surface area (Å²) in [5.41, 5.74) is 2.22. The molecule has 0 aliphatic heterocycles. The number of benzene rings is 1. The van der Waals surface area contributed by atoms with Gasteiger partial charge in [0.1, 0.15) is 7.85 Å². The molecule has 0 amide bonds. The van der Waals surface area contributed by atoms with Crippen LogP contribution in [-0.2, 0) is 4.74 Å². The third kappa shape index (κ3) is 3.24. The maximum absolute atomic E-state index is 10.4. The van der Waals surface area contributed by atoms with Crippen molar-refractivity contribution in [1.29, 1.82) is 0 Å². The Labute approximate surface area is 96.2 Å². The molecule has 2 aromatic rings. The van der Waals surface area contributed by atoms with Gasteiger partial charge in [0.15, 0.2) is 6.29 Å². The maximum atomic E-state index is 10.4. The zero-order valence-electron chi connectivity index (χ0n) is 9.49. The Kier molecular flexibility index (Phi) is 4.80. The zero-order valence-corrected chi connectivity index (χ0v) is 9.49. The molecule has 1 heterocycles. The molecule has 16 heavy (non-hydrogen) atoms. The van der Waals surface area contributed by atoms with Gasteiger partial charge in [-0.15, -0.1) is 0 Å². The first kappa shape index (κ1) is 12.5. The molecule has 0 bridgehead atoms. The molecule has 0 aliphatic carbocycles. The SMILES string of the molecule is CCOC.[B]c1ccc2[nH]c(C=O)cc2c1. The molecule has 1 N–H and O–H groups in total. The molecule has 0 atom stereocenters. The number of aromatic nitrogens is 1. The molecule has 1 aromatic heterocycles. The second kappa shape index (κ2) is 6.13. The molecular formula is C12H14BNO2. The topological polar surface area (TPSA) is 42.1 Å². The van der Waals surface area contributed by atoms with Crippen molar-refractivity contribution in [2.75, 3.05) is 13.7 Å². The first-order chi connectivity index (χ1) is 7.71. The average Bonchev–Trinajstić information content (AvgIpc) is 2.71. The summed E-state index contributed by atoms with van der Waals surface area (Å²) in [6.45, 7) is 2.78. The number of ether oxygens (including phenoxy) is 1. The summed E-state index contributed by atoms with van der Waals surface area (Å²) in [6.07, 6.45) is 0.788. The smallest absolute Gasteiger partial charge is 0.166 e. The minimum atomic E-state index is 0.579. The summed E-state index contributed by atoms with van der Waals surface area (Å²) in [4.78, 5) is 13.3. The molecule has 0 fully saturated rings. The fourth-order valence-corrected chi connectivity index (χ4v) is 1.24. The Morgan fingerprint density at radius 2 is 2.12 bits per heavy atom. The number of carbonyl (C=O) groups excluding carboxylic acids is 1. The minimum absolute atomic E-state index is 0.579. The van der Waals surface area contributed by atoms with Crippen molar-refractivity contribution in [1.82, 2.24) is 4.98 Å². The summed E-state index contributed by atoms with van der Waals surface area (Å²) >= 11 is 0. The second-order valence-corrected chi connectivity index (χ2v) is 3.27. The lowest BCUT2D eigenvalue weighted by Crippen LogP contribution is -1.98. The fraction of sp³-hybridized carbons (Fsp3) is 0.250. The highest BCUT2D eigenvalue weighted by molar-refractivity contribution is 6.33. The van der Waals surface area contributed by atoms with Crippen molar-refractivity contribution in [2.45, 2.75) is 6.92 Å². The Morgan fingerprint density at radius 1 is 1.44 bits per heavy atom. The summed E-state index contributed by atoms with van der Waals surface area (Å²) in [6, 6.07) is 7.27. The Balaban J connectivity index is 0.000000280. The quantitative estimate of drug-likeness (QED) is 0.608. The van der Waals surface area contributed by atoms with E-state index in [0.29, 0.717) is 11.2 Å². The van der Waals surface area contributed by atoms with Crippen molar-refractivity contribution < 1.29 is 9.53 Å². The van der Waals surface area contributed by atoms with Crippen LogP contribution in [0.3, 0.4) is 0 Å². The van der Waals surface area contributed by atoms with Crippen LogP contribution in [0.25, 0.3) is 10.9 Å². The standard InChI is InChI=1S/C9H6BNO.C3H8O/c10-7-1-2-9-6(3-7)4-8(5-12)11-9;1-3-4-2/h1-5,11H;3H2,1-2H3. The number of hydrogen-bond donors (Lipinski definition) is 1. The van der Waals surface area contributed by atoms with E-state index in [2.05, 4.69) is 9.72 Å². The predicted octanol–water partition coefficient (Wildman–Crippen LogP) is 1.43. The molecule has 0 aliphatic rings. The van der Waals surface area contributed by atoms with Crippen molar-refractivity contribution in [2.24, 2.45) is 0 Å². The first-order valence-electron chi connectivity index (χ1n) is 5.03. The Morgan fingerprint density at radius 3 is 2.69 bits per heavy atom. The van der Waals surface area contributed by atoms with E-state index >= 15 is 0 Å². The number of H-pyrrole nitrogens is 1. The van der Waals surface area contributed by atoms with E-state index in [1.807, 2.05) is 19.1 Å². The van der Waals surface area contributed by atoms with Crippen molar-refractivity contribution in [3.63, 3.8) is 0 Å². The van der Waals surface area contributed by atoms with Gasteiger partial charge in [0.25, 0.3) is 0 Å². The van der Waals surface area contributed by atoms with E-state index in [0.717, 1.165) is 23.8 Å². The lowest BCUT2D eigenvalue weighted by molar-refractivity contribution is 0.112. The van der Waals surface area contributed by atoms with Gasteiger partial charge in [-0.05, 0) is 24.4 Å². The molecule has 0 unspecified atom stereocenters. The second-order valence-electron chi connectivity index (χ2n) is 3.27. The van der Waals surface area contributed by atoms with E-state index in [1.165, 1.54) is 0 Å². The number of rotatable bonds is 2. The molecule has 2 rings (SSSR count). The summed E-state index contributed by atoms with van der Waals surface area (Å²) in [7, 11) is 7.25. The van der Waals surface area contributed by atoms with Crippen LogP contribution >= 0.6 is 0 Å². The molecule has 1 aromatic carbocycles. The Bertz CT molecular complexity index is 463. The number of nitrogens with one attached hydrogen (secondary N) is 1. The van der Waals surface area contributed by atoms with Crippen LogP contribution in [0.15, 0.2) is 24.3 Å². The van der Waals surface area contributed by atoms with Gasteiger partial charge < -0.3 is 9.72 Å². The lowest BCUT2D eigenvalue weighted by Gasteiger charge is -1.90. The Hall–Kier alpha value is -1.55. The maximum Gasteiger partial charge on any atom is 0.166 e. The molecular weight excluding hydrogens is 201 g/mol. The van der Waals surface area contributed by atoms with Crippen LogP contribution in [0.2, 0.25) is 0 Å². The molecule has 0 spiro atoms. The largest absolute Gasteiger partial charge is 0.385 e. The number of fused-ring (bicyclic) bond motifs is 1. The van der Waals surface area contributed by atoms with E-state index in [9.17, 15) is 4.79 Å². The van der Waals surface area contributed by atoms with E-state index in [4.69, 9.17) is 7.85 Å². The van der Waals surface area contributed by atoms with E-state index in [-0.39, 0.29) is 0 Å². The van der Waals surface area contributed by atoms with Crippen LogP contribution in [0, 0.1) is 0 Å².